The number of hydrogen-bond acceptors (Lipinski definition) is 3. The van der Waals surface area contributed by atoms with Crippen molar-refractivity contribution in [1.82, 2.24) is 10.6 Å². The van der Waals surface area contributed by atoms with Crippen molar-refractivity contribution >= 4 is 23.4 Å². The Morgan fingerprint density at radius 1 is 1.11 bits per heavy atom. The lowest BCUT2D eigenvalue weighted by Gasteiger charge is -2.45. The average Bonchev–Trinajstić information content (AvgIpc) is 2.60. The van der Waals surface area contributed by atoms with Gasteiger partial charge in [0.1, 0.15) is 11.7 Å². The number of aliphatic hydroxyl groups is 1. The van der Waals surface area contributed by atoms with Gasteiger partial charge in [-0.15, -0.1) is 0 Å². The van der Waals surface area contributed by atoms with Crippen molar-refractivity contribution in [3.63, 3.8) is 0 Å². The van der Waals surface area contributed by atoms with Crippen molar-refractivity contribution in [3.8, 4) is 0 Å². The van der Waals surface area contributed by atoms with Crippen LogP contribution < -0.4 is 10.6 Å². The fraction of sp³-hybridized carbons (Fsp3) is 0.222. The molecule has 1 saturated heterocycles. The Labute approximate surface area is 161 Å². The molecule has 5 nitrogen and oxygen atoms in total. The van der Waals surface area contributed by atoms with Crippen molar-refractivity contribution in [2.45, 2.75) is 17.9 Å². The van der Waals surface area contributed by atoms with Gasteiger partial charge in [0, 0.05) is 16.1 Å². The molecule has 3 N–H and O–H groups in total. The second-order valence-electron chi connectivity index (χ2n) is 6.21. The molecule has 1 aliphatic rings. The van der Waals surface area contributed by atoms with Gasteiger partial charge in [0.2, 0.25) is 5.72 Å². The fourth-order valence-corrected chi connectivity index (χ4v) is 3.25. The minimum absolute atomic E-state index is 0.198. The van der Waals surface area contributed by atoms with Crippen LogP contribution in [0.2, 0.25) is 5.02 Å². The van der Waals surface area contributed by atoms with Crippen molar-refractivity contribution in [2.24, 2.45) is 5.92 Å². The summed E-state index contributed by atoms with van der Waals surface area (Å²) >= 11 is 5.74. The van der Waals surface area contributed by atoms with E-state index in [9.17, 15) is 32.3 Å². The first kappa shape index (κ1) is 20.1. The highest BCUT2D eigenvalue weighted by Gasteiger charge is 2.66. The molecule has 2 aromatic rings. The van der Waals surface area contributed by atoms with Crippen LogP contribution in [0.5, 0.6) is 0 Å². The molecule has 10 heteroatoms. The minimum Gasteiger partial charge on any atom is -0.363 e. The fourth-order valence-electron chi connectivity index (χ4n) is 3.12. The number of nitrogens with one attached hydrogen (secondary N) is 2. The van der Waals surface area contributed by atoms with Crippen LogP contribution in [0.1, 0.15) is 22.0 Å². The van der Waals surface area contributed by atoms with E-state index in [2.05, 4.69) is 5.32 Å². The van der Waals surface area contributed by atoms with Crippen LogP contribution in [0, 0.1) is 11.7 Å². The highest BCUT2D eigenvalue weighted by atomic mass is 35.5. The summed E-state index contributed by atoms with van der Waals surface area (Å²) in [5.41, 5.74) is -4.48. The molecule has 2 aromatic carbocycles. The third-order valence-electron chi connectivity index (χ3n) is 4.46. The molecule has 3 rings (SSSR count). The Balaban J connectivity index is 2.18. The molecule has 1 heterocycles. The van der Waals surface area contributed by atoms with E-state index in [1.807, 2.05) is 0 Å². The van der Waals surface area contributed by atoms with E-state index in [4.69, 9.17) is 11.6 Å². The minimum atomic E-state index is -5.42. The first-order chi connectivity index (χ1) is 13.0. The van der Waals surface area contributed by atoms with E-state index in [0.717, 1.165) is 12.1 Å². The third kappa shape index (κ3) is 3.43. The SMILES string of the molecule is O=C1N[C@H](c2ccccc2F)[C@@H](C(=O)c2ccc(Cl)cc2)[C@@](O)(C(F)(F)F)N1. The van der Waals surface area contributed by atoms with Crippen molar-refractivity contribution in [1.29, 1.82) is 0 Å². The van der Waals surface area contributed by atoms with Gasteiger partial charge < -0.3 is 15.7 Å². The first-order valence-corrected chi connectivity index (χ1v) is 8.34. The van der Waals surface area contributed by atoms with Crippen LogP contribution in [0.3, 0.4) is 0 Å². The van der Waals surface area contributed by atoms with Gasteiger partial charge in [0.05, 0.1) is 6.04 Å². The summed E-state index contributed by atoms with van der Waals surface area (Å²) in [6.07, 6.45) is -5.42. The summed E-state index contributed by atoms with van der Waals surface area (Å²) in [6.45, 7) is 0. The predicted octanol–water partition coefficient (Wildman–Crippen LogP) is 3.58. The Kier molecular flexibility index (Phi) is 5.07. The van der Waals surface area contributed by atoms with Crippen LogP contribution in [-0.2, 0) is 0 Å². The lowest BCUT2D eigenvalue weighted by atomic mass is 9.77. The molecular weight excluding hydrogens is 404 g/mol. The summed E-state index contributed by atoms with van der Waals surface area (Å²) in [5.74, 6) is -4.39. The van der Waals surface area contributed by atoms with Gasteiger partial charge in [0.15, 0.2) is 5.78 Å². The van der Waals surface area contributed by atoms with Gasteiger partial charge in [-0.2, -0.15) is 13.2 Å². The maximum Gasteiger partial charge on any atom is 0.437 e. The molecule has 28 heavy (non-hydrogen) atoms. The normalized spacial score (nSPS) is 25.0. The largest absolute Gasteiger partial charge is 0.437 e. The zero-order valence-electron chi connectivity index (χ0n) is 13.9. The molecule has 1 aliphatic heterocycles. The number of hydrogen-bond donors (Lipinski definition) is 3. The second kappa shape index (κ2) is 7.06. The van der Waals surface area contributed by atoms with Gasteiger partial charge in [-0.1, -0.05) is 29.8 Å². The van der Waals surface area contributed by atoms with E-state index >= 15 is 0 Å². The lowest BCUT2D eigenvalue weighted by Crippen LogP contribution is -2.72. The smallest absolute Gasteiger partial charge is 0.363 e. The number of Topliss-reactive ketones (excluding diaryl/α,β-unsaturated/α-hetero) is 1. The molecule has 0 bridgehead atoms. The molecule has 0 radical (unpaired) electrons. The van der Waals surface area contributed by atoms with Gasteiger partial charge in [0.25, 0.3) is 0 Å². The Morgan fingerprint density at radius 3 is 2.29 bits per heavy atom. The molecule has 0 unspecified atom stereocenters. The maximum absolute atomic E-state index is 14.3. The number of halogens is 5. The molecule has 0 aliphatic carbocycles. The van der Waals surface area contributed by atoms with Gasteiger partial charge in [-0.3, -0.25) is 4.79 Å². The Morgan fingerprint density at radius 2 is 1.71 bits per heavy atom. The number of rotatable bonds is 3. The van der Waals surface area contributed by atoms with Crippen molar-refractivity contribution < 1.29 is 32.3 Å². The highest BCUT2D eigenvalue weighted by Crippen LogP contribution is 2.44. The predicted molar refractivity (Wildman–Crippen MR) is 91.1 cm³/mol. The van der Waals surface area contributed by atoms with E-state index in [1.54, 1.807) is 0 Å². The standard InChI is InChI=1S/C18H13ClF4N2O3/c19-10-7-5-9(6-8-10)15(26)13-14(11-3-1-2-4-12(11)20)24-16(27)25-17(13,28)18(21,22)23/h1-8,13-14,28H,(H2,24,25,27)/t13-,14+,17+/m0/s1. The van der Waals surface area contributed by atoms with E-state index < -0.39 is 41.5 Å². The summed E-state index contributed by atoms with van der Waals surface area (Å²) in [7, 11) is 0. The van der Waals surface area contributed by atoms with Crippen LogP contribution in [-0.4, -0.2) is 28.8 Å². The van der Waals surface area contributed by atoms with Gasteiger partial charge in [-0.25, -0.2) is 9.18 Å². The zero-order chi connectivity index (χ0) is 20.7. The number of amides is 2. The average molecular weight is 417 g/mol. The molecular formula is C18H13ClF4N2O3. The summed E-state index contributed by atoms with van der Waals surface area (Å²) in [5, 5.41) is 14.1. The van der Waals surface area contributed by atoms with Crippen LogP contribution in [0.4, 0.5) is 22.4 Å². The Bertz CT molecular complexity index is 920. The summed E-state index contributed by atoms with van der Waals surface area (Å²) in [4.78, 5) is 24.8. The number of carbonyl (C=O) groups is 2. The van der Waals surface area contributed by atoms with Crippen LogP contribution in [0.25, 0.3) is 0 Å². The Hall–Kier alpha value is -2.65. The highest BCUT2D eigenvalue weighted by molar-refractivity contribution is 6.30. The molecule has 3 atom stereocenters. The topological polar surface area (TPSA) is 78.4 Å². The van der Waals surface area contributed by atoms with Crippen LogP contribution >= 0.6 is 11.6 Å². The quantitative estimate of drug-likeness (QED) is 0.528. The molecule has 2 amide bonds. The van der Waals surface area contributed by atoms with E-state index in [-0.39, 0.29) is 16.1 Å². The van der Waals surface area contributed by atoms with Crippen molar-refractivity contribution in [2.75, 3.05) is 0 Å². The van der Waals surface area contributed by atoms with Crippen LogP contribution in [0.15, 0.2) is 48.5 Å². The van der Waals surface area contributed by atoms with Gasteiger partial charge in [-0.05, 0) is 30.3 Å². The lowest BCUT2D eigenvalue weighted by molar-refractivity contribution is -0.287. The monoisotopic (exact) mass is 416 g/mol. The summed E-state index contributed by atoms with van der Waals surface area (Å²) in [6, 6.07) is 6.49. The molecule has 0 aromatic heterocycles. The number of ketones is 1. The zero-order valence-corrected chi connectivity index (χ0v) is 14.7. The second-order valence-corrected chi connectivity index (χ2v) is 6.65. The van der Waals surface area contributed by atoms with Gasteiger partial charge >= 0.3 is 12.2 Å². The number of urea groups is 1. The van der Waals surface area contributed by atoms with E-state index in [1.165, 1.54) is 41.7 Å². The van der Waals surface area contributed by atoms with E-state index in [0.29, 0.717) is 0 Å². The number of carbonyl (C=O) groups excluding carboxylic acids is 2. The maximum atomic E-state index is 14.3. The third-order valence-corrected chi connectivity index (χ3v) is 4.71. The molecule has 0 spiro atoms. The number of alkyl halides is 3. The molecule has 148 valence electrons. The van der Waals surface area contributed by atoms with Crippen molar-refractivity contribution in [3.05, 3.63) is 70.5 Å². The molecule has 1 fully saturated rings. The summed E-state index contributed by atoms with van der Waals surface area (Å²) < 4.78 is 55.4. The molecule has 0 saturated carbocycles. The number of benzene rings is 2. The first-order valence-electron chi connectivity index (χ1n) is 7.96.